The van der Waals surface area contributed by atoms with Crippen molar-refractivity contribution in [3.8, 4) is 0 Å². The van der Waals surface area contributed by atoms with Crippen LogP contribution in [-0.4, -0.2) is 11.9 Å². The summed E-state index contributed by atoms with van der Waals surface area (Å²) >= 11 is 0. The first-order valence-corrected chi connectivity index (χ1v) is 6.18. The van der Waals surface area contributed by atoms with Gasteiger partial charge in [0.05, 0.1) is 5.92 Å². The maximum absolute atomic E-state index is 11.3. The molecule has 0 spiro atoms. The molecule has 1 aliphatic rings. The van der Waals surface area contributed by atoms with Crippen molar-refractivity contribution in [2.75, 3.05) is 0 Å². The summed E-state index contributed by atoms with van der Waals surface area (Å²) in [6, 6.07) is 9.95. The molecule has 1 aromatic rings. The van der Waals surface area contributed by atoms with Crippen LogP contribution in [0.3, 0.4) is 0 Å². The lowest BCUT2D eigenvalue weighted by Crippen LogP contribution is -2.18. The quantitative estimate of drug-likeness (QED) is 0.766. The number of allylic oxidation sites excluding steroid dienone is 1. The van der Waals surface area contributed by atoms with Crippen molar-refractivity contribution in [3.05, 3.63) is 47.9 Å². The van der Waals surface area contributed by atoms with Crippen molar-refractivity contribution in [1.82, 2.24) is 0 Å². The van der Waals surface area contributed by atoms with E-state index in [1.807, 2.05) is 37.3 Å². The van der Waals surface area contributed by atoms with Gasteiger partial charge in [-0.25, -0.2) is 0 Å². The van der Waals surface area contributed by atoms with Crippen molar-refractivity contribution in [1.29, 1.82) is 0 Å². The highest BCUT2D eigenvalue weighted by molar-refractivity contribution is 5.79. The Bertz CT molecular complexity index is 436. The number of ketones is 1. The van der Waals surface area contributed by atoms with Crippen molar-refractivity contribution in [3.63, 3.8) is 0 Å². The van der Waals surface area contributed by atoms with Crippen LogP contribution in [0.15, 0.2) is 42.4 Å². The first-order valence-electron chi connectivity index (χ1n) is 6.18. The van der Waals surface area contributed by atoms with Crippen LogP contribution in [0.2, 0.25) is 0 Å². The number of benzene rings is 1. The predicted octanol–water partition coefficient (Wildman–Crippen LogP) is 3.06. The Morgan fingerprint density at radius 1 is 1.44 bits per heavy atom. The second-order valence-corrected chi connectivity index (χ2v) is 4.63. The van der Waals surface area contributed by atoms with Gasteiger partial charge in [-0.05, 0) is 19.4 Å². The van der Waals surface area contributed by atoms with E-state index in [4.69, 9.17) is 9.47 Å². The van der Waals surface area contributed by atoms with Gasteiger partial charge in [-0.3, -0.25) is 4.79 Å². The molecule has 0 saturated carbocycles. The molecule has 0 unspecified atom stereocenters. The zero-order chi connectivity index (χ0) is 13.0. The van der Waals surface area contributed by atoms with Gasteiger partial charge in [0.1, 0.15) is 30.5 Å². The van der Waals surface area contributed by atoms with E-state index in [9.17, 15) is 4.79 Å². The fraction of sp³-hybridized carbons (Fsp3) is 0.400. The Kier molecular flexibility index (Phi) is 4.03. The number of hydrogen-bond acceptors (Lipinski definition) is 3. The molecule has 2 atom stereocenters. The van der Waals surface area contributed by atoms with E-state index in [0.29, 0.717) is 13.0 Å². The minimum absolute atomic E-state index is 0.0309. The van der Waals surface area contributed by atoms with E-state index in [2.05, 4.69) is 0 Å². The highest BCUT2D eigenvalue weighted by Crippen LogP contribution is 2.29. The van der Waals surface area contributed by atoms with Gasteiger partial charge < -0.3 is 9.47 Å². The summed E-state index contributed by atoms with van der Waals surface area (Å²) in [6.07, 6.45) is 2.23. The lowest BCUT2D eigenvalue weighted by Gasteiger charge is -2.08. The van der Waals surface area contributed by atoms with Gasteiger partial charge >= 0.3 is 0 Å². The topological polar surface area (TPSA) is 35.5 Å². The summed E-state index contributed by atoms with van der Waals surface area (Å²) in [5.74, 6) is 0.907. The van der Waals surface area contributed by atoms with E-state index in [1.165, 1.54) is 0 Å². The summed E-state index contributed by atoms with van der Waals surface area (Å²) in [7, 11) is 0. The number of rotatable bonds is 4. The number of ether oxygens (including phenoxy) is 2. The Labute approximate surface area is 107 Å². The molecule has 0 radical (unpaired) electrons. The molecule has 1 aliphatic heterocycles. The fourth-order valence-corrected chi connectivity index (χ4v) is 2.11. The van der Waals surface area contributed by atoms with Crippen LogP contribution in [0.5, 0.6) is 0 Å². The third-order valence-corrected chi connectivity index (χ3v) is 3.15. The number of Topliss-reactive ketones (excluding diaryl/α,β-unsaturated/α-hetero) is 1. The molecule has 0 aromatic heterocycles. The largest absolute Gasteiger partial charge is 0.493 e. The lowest BCUT2D eigenvalue weighted by molar-refractivity contribution is -0.121. The van der Waals surface area contributed by atoms with Gasteiger partial charge in [0.25, 0.3) is 0 Å². The first-order chi connectivity index (χ1) is 8.66. The normalized spacial score (nSPS) is 24.9. The second-order valence-electron chi connectivity index (χ2n) is 4.63. The molecule has 96 valence electrons. The van der Waals surface area contributed by atoms with Gasteiger partial charge in [-0.2, -0.15) is 0 Å². The van der Waals surface area contributed by atoms with E-state index in [1.54, 1.807) is 13.2 Å². The highest BCUT2D eigenvalue weighted by Gasteiger charge is 2.32. The van der Waals surface area contributed by atoms with Gasteiger partial charge in [0.15, 0.2) is 0 Å². The van der Waals surface area contributed by atoms with Crippen molar-refractivity contribution in [2.45, 2.75) is 33.0 Å². The average Bonchev–Trinajstić information content (AvgIpc) is 2.72. The van der Waals surface area contributed by atoms with E-state index < -0.39 is 0 Å². The monoisotopic (exact) mass is 246 g/mol. The smallest absolute Gasteiger partial charge is 0.137 e. The van der Waals surface area contributed by atoms with E-state index >= 15 is 0 Å². The van der Waals surface area contributed by atoms with Crippen molar-refractivity contribution in [2.24, 2.45) is 5.92 Å². The number of carbonyl (C=O) groups excluding carboxylic acids is 1. The Morgan fingerprint density at radius 2 is 2.17 bits per heavy atom. The molecule has 0 amide bonds. The molecule has 3 nitrogen and oxygen atoms in total. The van der Waals surface area contributed by atoms with Crippen LogP contribution in [0.25, 0.3) is 0 Å². The number of hydrogen-bond donors (Lipinski definition) is 0. The summed E-state index contributed by atoms with van der Waals surface area (Å²) in [4.78, 5) is 11.3. The van der Waals surface area contributed by atoms with E-state index in [0.717, 1.165) is 11.3 Å². The fourth-order valence-electron chi connectivity index (χ4n) is 2.11. The Hall–Kier alpha value is -1.77. The van der Waals surface area contributed by atoms with Crippen molar-refractivity contribution < 1.29 is 14.3 Å². The second kappa shape index (κ2) is 5.71. The molecule has 2 rings (SSSR count). The van der Waals surface area contributed by atoms with Crippen LogP contribution < -0.4 is 0 Å². The maximum Gasteiger partial charge on any atom is 0.137 e. The predicted molar refractivity (Wildman–Crippen MR) is 68.6 cm³/mol. The summed E-state index contributed by atoms with van der Waals surface area (Å²) in [5.41, 5.74) is 1.11. The van der Waals surface area contributed by atoms with Gasteiger partial charge in [0.2, 0.25) is 0 Å². The van der Waals surface area contributed by atoms with Crippen LogP contribution in [-0.2, 0) is 20.9 Å². The molecule has 1 fully saturated rings. The van der Waals surface area contributed by atoms with Crippen LogP contribution in [0.1, 0.15) is 25.8 Å². The molecule has 0 N–H and O–H groups in total. The average molecular weight is 246 g/mol. The minimum atomic E-state index is -0.0472. The molecular weight excluding hydrogens is 228 g/mol. The van der Waals surface area contributed by atoms with E-state index in [-0.39, 0.29) is 17.8 Å². The molecule has 3 heteroatoms. The van der Waals surface area contributed by atoms with Crippen LogP contribution in [0, 0.1) is 5.92 Å². The maximum atomic E-state index is 11.3. The zero-order valence-electron chi connectivity index (χ0n) is 10.8. The molecule has 0 bridgehead atoms. The summed E-state index contributed by atoms with van der Waals surface area (Å²) in [5, 5.41) is 0. The van der Waals surface area contributed by atoms with Gasteiger partial charge in [0, 0.05) is 6.42 Å². The molecular formula is C15H18O3. The molecule has 1 aromatic carbocycles. The molecule has 0 aliphatic carbocycles. The third kappa shape index (κ3) is 3.13. The minimum Gasteiger partial charge on any atom is -0.493 e. The van der Waals surface area contributed by atoms with Crippen LogP contribution in [0.4, 0.5) is 0 Å². The first kappa shape index (κ1) is 12.7. The number of carbonyl (C=O) groups is 1. The SMILES string of the molecule is CC(=O)[C@@H]1C/C(=C\OCc2ccccc2)O[C@H]1C. The summed E-state index contributed by atoms with van der Waals surface area (Å²) < 4.78 is 11.1. The molecule has 18 heavy (non-hydrogen) atoms. The van der Waals surface area contributed by atoms with Crippen molar-refractivity contribution >= 4 is 5.78 Å². The third-order valence-electron chi connectivity index (χ3n) is 3.15. The molecule has 1 saturated heterocycles. The Balaban J connectivity index is 1.86. The van der Waals surface area contributed by atoms with Crippen LogP contribution >= 0.6 is 0 Å². The van der Waals surface area contributed by atoms with Gasteiger partial charge in [-0.1, -0.05) is 30.3 Å². The standard InChI is InChI=1S/C15H18O3/c1-11(16)15-8-14(18-12(15)2)10-17-9-13-6-4-3-5-7-13/h3-7,10,12,15H,8-9H2,1-2H3/b14-10+/t12-,15-/m0/s1. The van der Waals surface area contributed by atoms with Gasteiger partial charge in [-0.15, -0.1) is 0 Å². The lowest BCUT2D eigenvalue weighted by atomic mass is 9.98. The molecule has 1 heterocycles. The zero-order valence-corrected chi connectivity index (χ0v) is 10.8. The Morgan fingerprint density at radius 3 is 2.78 bits per heavy atom. The highest BCUT2D eigenvalue weighted by atomic mass is 16.5. The summed E-state index contributed by atoms with van der Waals surface area (Å²) in [6.45, 7) is 4.05.